The van der Waals surface area contributed by atoms with Crippen LogP contribution in [0.5, 0.6) is 11.5 Å². The third-order valence-electron chi connectivity index (χ3n) is 2.86. The Hall–Kier alpha value is -2.60. The van der Waals surface area contributed by atoms with E-state index in [1.54, 1.807) is 20.4 Å². The molecule has 0 fully saturated rings. The van der Waals surface area contributed by atoms with Gasteiger partial charge in [0.25, 0.3) is 0 Å². The number of ether oxygens (including phenoxy) is 2. The van der Waals surface area contributed by atoms with E-state index in [0.717, 1.165) is 22.7 Å². The standard InChI is InChI=1S/C16H17N3O2S/c1-20-14-9-7-13(8-10-14)18-16(22)19-17-11-12-5-3-4-6-15(12)21-2/h3-11H,1-2H3,(H2,18,19,22). The molecule has 0 aliphatic heterocycles. The Balaban J connectivity index is 1.90. The highest BCUT2D eigenvalue weighted by molar-refractivity contribution is 7.80. The van der Waals surface area contributed by atoms with Crippen molar-refractivity contribution in [3.8, 4) is 11.5 Å². The molecule has 0 saturated heterocycles. The number of benzene rings is 2. The van der Waals surface area contributed by atoms with Crippen LogP contribution in [0.15, 0.2) is 53.6 Å². The van der Waals surface area contributed by atoms with Crippen molar-refractivity contribution in [1.29, 1.82) is 0 Å². The first-order chi connectivity index (χ1) is 10.7. The van der Waals surface area contributed by atoms with Crippen molar-refractivity contribution in [3.05, 3.63) is 54.1 Å². The quantitative estimate of drug-likeness (QED) is 0.505. The first kappa shape index (κ1) is 15.8. The van der Waals surface area contributed by atoms with Gasteiger partial charge in [-0.05, 0) is 48.6 Å². The van der Waals surface area contributed by atoms with Crippen LogP contribution in [0.1, 0.15) is 5.56 Å². The molecule has 2 aromatic rings. The second-order valence-corrected chi connectivity index (χ2v) is 4.70. The topological polar surface area (TPSA) is 54.9 Å². The van der Waals surface area contributed by atoms with Crippen LogP contribution in [0, 0.1) is 0 Å². The fraction of sp³-hybridized carbons (Fsp3) is 0.125. The number of hydrogen-bond acceptors (Lipinski definition) is 4. The molecule has 2 aromatic carbocycles. The zero-order valence-corrected chi connectivity index (χ0v) is 13.2. The summed E-state index contributed by atoms with van der Waals surface area (Å²) in [4.78, 5) is 0. The summed E-state index contributed by atoms with van der Waals surface area (Å²) in [6.07, 6.45) is 1.65. The summed E-state index contributed by atoms with van der Waals surface area (Å²) >= 11 is 5.18. The van der Waals surface area contributed by atoms with Gasteiger partial charge in [-0.2, -0.15) is 5.10 Å². The van der Waals surface area contributed by atoms with Crippen LogP contribution in [-0.4, -0.2) is 25.5 Å². The Morgan fingerprint density at radius 2 is 1.77 bits per heavy atom. The van der Waals surface area contributed by atoms with Gasteiger partial charge in [-0.15, -0.1) is 0 Å². The highest BCUT2D eigenvalue weighted by Gasteiger charge is 1.99. The van der Waals surface area contributed by atoms with Gasteiger partial charge in [-0.3, -0.25) is 5.43 Å². The van der Waals surface area contributed by atoms with E-state index in [1.165, 1.54) is 0 Å². The summed E-state index contributed by atoms with van der Waals surface area (Å²) in [6.45, 7) is 0. The second-order valence-electron chi connectivity index (χ2n) is 4.29. The van der Waals surface area contributed by atoms with E-state index in [9.17, 15) is 0 Å². The maximum absolute atomic E-state index is 5.24. The Morgan fingerprint density at radius 1 is 1.05 bits per heavy atom. The molecule has 5 nitrogen and oxygen atoms in total. The molecular formula is C16H17N3O2S. The highest BCUT2D eigenvalue weighted by Crippen LogP contribution is 2.15. The molecule has 0 bridgehead atoms. The Kier molecular flexibility index (Phi) is 5.73. The van der Waals surface area contributed by atoms with Gasteiger partial charge in [-0.1, -0.05) is 12.1 Å². The number of hydrazone groups is 1. The van der Waals surface area contributed by atoms with E-state index in [4.69, 9.17) is 21.7 Å². The lowest BCUT2D eigenvalue weighted by molar-refractivity contribution is 0.414. The predicted molar refractivity (Wildman–Crippen MR) is 92.9 cm³/mol. The van der Waals surface area contributed by atoms with Gasteiger partial charge in [0, 0.05) is 11.3 Å². The SMILES string of the molecule is COc1ccc(NC(=S)NN=Cc2ccccc2OC)cc1. The minimum absolute atomic E-state index is 0.399. The van der Waals surface area contributed by atoms with E-state index >= 15 is 0 Å². The van der Waals surface area contributed by atoms with E-state index in [-0.39, 0.29) is 0 Å². The summed E-state index contributed by atoms with van der Waals surface area (Å²) in [7, 11) is 3.25. The van der Waals surface area contributed by atoms with Gasteiger partial charge in [0.15, 0.2) is 5.11 Å². The monoisotopic (exact) mass is 315 g/mol. The third-order valence-corrected chi connectivity index (χ3v) is 3.05. The molecule has 2 rings (SSSR count). The van der Waals surface area contributed by atoms with Crippen LogP contribution in [0.25, 0.3) is 0 Å². The average Bonchev–Trinajstić information content (AvgIpc) is 2.56. The molecule has 0 aromatic heterocycles. The molecule has 0 amide bonds. The van der Waals surface area contributed by atoms with Crippen LogP contribution < -0.4 is 20.2 Å². The lowest BCUT2D eigenvalue weighted by Gasteiger charge is -2.08. The van der Waals surface area contributed by atoms with E-state index in [1.807, 2.05) is 48.5 Å². The molecule has 0 spiro atoms. The molecule has 0 unspecified atom stereocenters. The molecule has 114 valence electrons. The van der Waals surface area contributed by atoms with Gasteiger partial charge in [0.05, 0.1) is 20.4 Å². The van der Waals surface area contributed by atoms with Crippen molar-refractivity contribution in [2.75, 3.05) is 19.5 Å². The average molecular weight is 315 g/mol. The Morgan fingerprint density at radius 3 is 2.45 bits per heavy atom. The maximum Gasteiger partial charge on any atom is 0.191 e. The normalized spacial score (nSPS) is 10.3. The Labute approximate surface area is 134 Å². The number of nitrogens with one attached hydrogen (secondary N) is 2. The number of methoxy groups -OCH3 is 2. The van der Waals surface area contributed by atoms with Gasteiger partial charge in [0.1, 0.15) is 11.5 Å². The molecule has 6 heteroatoms. The summed E-state index contributed by atoms with van der Waals surface area (Å²) in [5.74, 6) is 1.54. The molecule has 0 aliphatic rings. The fourth-order valence-electron chi connectivity index (χ4n) is 1.77. The molecule has 0 radical (unpaired) electrons. The van der Waals surface area contributed by atoms with Gasteiger partial charge in [-0.25, -0.2) is 0 Å². The van der Waals surface area contributed by atoms with Crippen LogP contribution in [0.4, 0.5) is 5.69 Å². The van der Waals surface area contributed by atoms with Gasteiger partial charge < -0.3 is 14.8 Å². The number of anilines is 1. The van der Waals surface area contributed by atoms with Crippen molar-refractivity contribution in [3.63, 3.8) is 0 Å². The van der Waals surface area contributed by atoms with E-state index < -0.39 is 0 Å². The largest absolute Gasteiger partial charge is 0.497 e. The summed E-state index contributed by atoms with van der Waals surface area (Å²) in [5, 5.41) is 7.52. The summed E-state index contributed by atoms with van der Waals surface area (Å²) in [5.41, 5.74) is 4.48. The molecular weight excluding hydrogens is 298 g/mol. The molecule has 0 aliphatic carbocycles. The number of para-hydroxylation sites is 1. The fourth-order valence-corrected chi connectivity index (χ4v) is 1.94. The van der Waals surface area contributed by atoms with Crippen LogP contribution in [-0.2, 0) is 0 Å². The molecule has 0 saturated carbocycles. The second kappa shape index (κ2) is 7.99. The minimum Gasteiger partial charge on any atom is -0.497 e. The lowest BCUT2D eigenvalue weighted by Crippen LogP contribution is -2.23. The molecule has 2 N–H and O–H groups in total. The summed E-state index contributed by atoms with van der Waals surface area (Å²) < 4.78 is 10.3. The maximum atomic E-state index is 5.24. The first-order valence-electron chi connectivity index (χ1n) is 6.60. The number of thiocarbonyl (C=S) groups is 1. The smallest absolute Gasteiger partial charge is 0.191 e. The zero-order valence-electron chi connectivity index (χ0n) is 12.4. The third kappa shape index (κ3) is 4.46. The first-order valence-corrected chi connectivity index (χ1v) is 7.01. The van der Waals surface area contributed by atoms with Crippen molar-refractivity contribution in [2.24, 2.45) is 5.10 Å². The van der Waals surface area contributed by atoms with Crippen LogP contribution in [0.2, 0.25) is 0 Å². The lowest BCUT2D eigenvalue weighted by atomic mass is 10.2. The molecule has 0 heterocycles. The minimum atomic E-state index is 0.399. The van der Waals surface area contributed by atoms with Crippen LogP contribution in [0.3, 0.4) is 0 Å². The van der Waals surface area contributed by atoms with Crippen LogP contribution >= 0.6 is 12.2 Å². The predicted octanol–water partition coefficient (Wildman–Crippen LogP) is 3.02. The van der Waals surface area contributed by atoms with E-state index in [0.29, 0.717) is 5.11 Å². The van der Waals surface area contributed by atoms with Crippen molar-refractivity contribution in [1.82, 2.24) is 5.43 Å². The van der Waals surface area contributed by atoms with E-state index in [2.05, 4.69) is 15.8 Å². The van der Waals surface area contributed by atoms with Crippen molar-refractivity contribution in [2.45, 2.75) is 0 Å². The molecule has 22 heavy (non-hydrogen) atoms. The summed E-state index contributed by atoms with van der Waals surface area (Å²) in [6, 6.07) is 15.0. The van der Waals surface area contributed by atoms with Crippen molar-refractivity contribution >= 4 is 29.2 Å². The number of rotatable bonds is 5. The zero-order chi connectivity index (χ0) is 15.8. The number of hydrogen-bond donors (Lipinski definition) is 2. The number of nitrogens with zero attached hydrogens (tertiary/aromatic N) is 1. The molecule has 0 atom stereocenters. The highest BCUT2D eigenvalue weighted by atomic mass is 32.1. The Bertz CT molecular complexity index is 657. The van der Waals surface area contributed by atoms with Crippen molar-refractivity contribution < 1.29 is 9.47 Å². The van der Waals surface area contributed by atoms with Gasteiger partial charge >= 0.3 is 0 Å². The van der Waals surface area contributed by atoms with Gasteiger partial charge in [0.2, 0.25) is 0 Å².